The molecule has 2 aromatic heterocycles. The number of fused-ring (bicyclic) bond motifs is 6. The van der Waals surface area contributed by atoms with Crippen molar-refractivity contribution in [2.75, 3.05) is 0 Å². The van der Waals surface area contributed by atoms with Crippen molar-refractivity contribution < 1.29 is 10.2 Å². The molecule has 2 aromatic carbocycles. The molecule has 0 atom stereocenters. The van der Waals surface area contributed by atoms with Gasteiger partial charge in [0, 0.05) is 17.4 Å². The fourth-order valence-electron chi connectivity index (χ4n) is 3.54. The van der Waals surface area contributed by atoms with Crippen LogP contribution in [0.2, 0.25) is 0 Å². The molecule has 118 valence electrons. The molecule has 4 aromatic rings. The summed E-state index contributed by atoms with van der Waals surface area (Å²) in [7, 11) is 0. The normalized spacial score (nSPS) is 13.2. The quantitative estimate of drug-likeness (QED) is 0.434. The van der Waals surface area contributed by atoms with Crippen molar-refractivity contribution in [3.05, 3.63) is 52.3 Å². The topological polar surface area (TPSA) is 91.1 Å². The van der Waals surface area contributed by atoms with Crippen LogP contribution in [0.4, 0.5) is 0 Å². The maximum atomic E-state index is 12.8. The van der Waals surface area contributed by atoms with Crippen LogP contribution in [-0.2, 0) is 13.0 Å². The minimum atomic E-state index is -0.365. The minimum absolute atomic E-state index is 0.123. The molecule has 6 nitrogen and oxygen atoms in total. The fraction of sp³-hybridized carbons (Fsp3) is 0.111. The number of phenolic OH excluding ortho intramolecular Hbond substituents is 2. The van der Waals surface area contributed by atoms with Crippen LogP contribution < -0.4 is 5.56 Å². The number of para-hydroxylation sites is 1. The maximum Gasteiger partial charge on any atom is 0.261 e. The predicted molar refractivity (Wildman–Crippen MR) is 90.3 cm³/mol. The van der Waals surface area contributed by atoms with Crippen molar-refractivity contribution in [3.63, 3.8) is 0 Å². The number of aromatic amines is 1. The van der Waals surface area contributed by atoms with Gasteiger partial charge in [-0.2, -0.15) is 0 Å². The third kappa shape index (κ3) is 1.54. The molecule has 0 spiro atoms. The average molecular weight is 319 g/mol. The molecule has 1 aliphatic heterocycles. The molecule has 0 bridgehead atoms. The molecule has 3 N–H and O–H groups in total. The van der Waals surface area contributed by atoms with Gasteiger partial charge in [-0.1, -0.05) is 18.2 Å². The Kier molecular flexibility index (Phi) is 2.41. The summed E-state index contributed by atoms with van der Waals surface area (Å²) < 4.78 is 1.62. The van der Waals surface area contributed by atoms with Gasteiger partial charge in [0.25, 0.3) is 5.56 Å². The summed E-state index contributed by atoms with van der Waals surface area (Å²) in [5.41, 5.74) is 2.82. The SMILES string of the molecule is O=c1c2ccc(O)c(O)c2nc2n1CCc1c-2[nH]c2ccccc12. The van der Waals surface area contributed by atoms with Crippen molar-refractivity contribution in [3.8, 4) is 23.0 Å². The molecule has 5 rings (SSSR count). The van der Waals surface area contributed by atoms with E-state index in [1.165, 1.54) is 12.1 Å². The van der Waals surface area contributed by atoms with Gasteiger partial charge >= 0.3 is 0 Å². The second-order valence-electron chi connectivity index (χ2n) is 6.00. The molecule has 0 saturated carbocycles. The summed E-state index contributed by atoms with van der Waals surface area (Å²) in [6.07, 6.45) is 0.740. The van der Waals surface area contributed by atoms with Crippen LogP contribution in [0.1, 0.15) is 5.56 Å². The van der Waals surface area contributed by atoms with Gasteiger partial charge in [-0.15, -0.1) is 0 Å². The van der Waals surface area contributed by atoms with Gasteiger partial charge in [0.1, 0.15) is 5.52 Å². The summed E-state index contributed by atoms with van der Waals surface area (Å²) in [5, 5.41) is 21.2. The van der Waals surface area contributed by atoms with Gasteiger partial charge < -0.3 is 15.2 Å². The minimum Gasteiger partial charge on any atom is -0.504 e. The van der Waals surface area contributed by atoms with E-state index in [0.29, 0.717) is 17.8 Å². The molecule has 3 heterocycles. The Balaban J connectivity index is 1.93. The van der Waals surface area contributed by atoms with Gasteiger partial charge in [0.15, 0.2) is 17.3 Å². The van der Waals surface area contributed by atoms with E-state index >= 15 is 0 Å². The number of phenols is 2. The zero-order valence-corrected chi connectivity index (χ0v) is 12.6. The Morgan fingerprint density at radius 1 is 1.08 bits per heavy atom. The summed E-state index contributed by atoms with van der Waals surface area (Å²) in [6, 6.07) is 10.8. The van der Waals surface area contributed by atoms with E-state index in [4.69, 9.17) is 0 Å². The molecule has 0 fully saturated rings. The Hall–Kier alpha value is -3.28. The first kappa shape index (κ1) is 13.2. The van der Waals surface area contributed by atoms with E-state index in [-0.39, 0.29) is 22.6 Å². The molecular weight excluding hydrogens is 306 g/mol. The van der Waals surface area contributed by atoms with Crippen molar-refractivity contribution in [2.45, 2.75) is 13.0 Å². The largest absolute Gasteiger partial charge is 0.504 e. The van der Waals surface area contributed by atoms with Crippen LogP contribution in [0.5, 0.6) is 11.5 Å². The van der Waals surface area contributed by atoms with Gasteiger partial charge in [-0.25, -0.2) is 4.98 Å². The van der Waals surface area contributed by atoms with E-state index in [1.54, 1.807) is 4.57 Å². The lowest BCUT2D eigenvalue weighted by Crippen LogP contribution is -2.27. The molecule has 0 amide bonds. The van der Waals surface area contributed by atoms with Crippen LogP contribution in [0.15, 0.2) is 41.2 Å². The Labute approximate surface area is 135 Å². The van der Waals surface area contributed by atoms with E-state index in [9.17, 15) is 15.0 Å². The third-order valence-corrected chi connectivity index (χ3v) is 4.70. The number of hydrogen-bond donors (Lipinski definition) is 3. The number of benzene rings is 2. The molecule has 24 heavy (non-hydrogen) atoms. The number of nitrogens with zero attached hydrogens (tertiary/aromatic N) is 2. The highest BCUT2D eigenvalue weighted by Crippen LogP contribution is 2.36. The van der Waals surface area contributed by atoms with Gasteiger partial charge in [-0.05, 0) is 30.2 Å². The second-order valence-corrected chi connectivity index (χ2v) is 6.00. The van der Waals surface area contributed by atoms with E-state index < -0.39 is 0 Å². The lowest BCUT2D eigenvalue weighted by molar-refractivity contribution is 0.407. The highest BCUT2D eigenvalue weighted by Gasteiger charge is 2.25. The summed E-state index contributed by atoms with van der Waals surface area (Å²) in [5.74, 6) is -0.158. The lowest BCUT2D eigenvalue weighted by Gasteiger charge is -2.19. The number of aromatic hydroxyl groups is 2. The second kappa shape index (κ2) is 4.38. The van der Waals surface area contributed by atoms with Crippen molar-refractivity contribution >= 4 is 21.8 Å². The van der Waals surface area contributed by atoms with E-state index in [0.717, 1.165) is 28.6 Å². The first-order valence-corrected chi connectivity index (χ1v) is 7.70. The first-order valence-electron chi connectivity index (χ1n) is 7.70. The zero-order valence-electron chi connectivity index (χ0n) is 12.6. The van der Waals surface area contributed by atoms with Crippen molar-refractivity contribution in [1.82, 2.24) is 14.5 Å². The molecular formula is C18H13N3O3. The van der Waals surface area contributed by atoms with E-state index in [2.05, 4.69) is 9.97 Å². The lowest BCUT2D eigenvalue weighted by atomic mass is 10.0. The Morgan fingerprint density at radius 2 is 1.92 bits per heavy atom. The van der Waals surface area contributed by atoms with Crippen LogP contribution >= 0.6 is 0 Å². The van der Waals surface area contributed by atoms with Crippen LogP contribution in [0, 0.1) is 0 Å². The Morgan fingerprint density at radius 3 is 2.79 bits per heavy atom. The third-order valence-electron chi connectivity index (χ3n) is 4.70. The van der Waals surface area contributed by atoms with Gasteiger partial charge in [0.05, 0.1) is 11.1 Å². The summed E-state index contributed by atoms with van der Waals surface area (Å²) in [6.45, 7) is 0.535. The number of nitrogens with one attached hydrogen (secondary N) is 1. The number of aryl methyl sites for hydroxylation is 1. The van der Waals surface area contributed by atoms with Crippen molar-refractivity contribution in [2.24, 2.45) is 0 Å². The molecule has 1 aliphatic rings. The smallest absolute Gasteiger partial charge is 0.261 e. The predicted octanol–water partition coefficient (Wildman–Crippen LogP) is 2.51. The standard InChI is InChI=1S/C18H13N3O3/c22-13-6-5-11-14(16(13)23)20-17-15-10(7-8-21(17)18(11)24)9-3-1-2-4-12(9)19-15/h1-6,19,22-23H,7-8H2. The Bertz CT molecular complexity index is 1200. The fourth-order valence-corrected chi connectivity index (χ4v) is 3.54. The molecule has 6 heteroatoms. The van der Waals surface area contributed by atoms with Crippen LogP contribution in [0.3, 0.4) is 0 Å². The highest BCUT2D eigenvalue weighted by molar-refractivity contribution is 5.92. The first-order chi connectivity index (χ1) is 11.6. The molecule has 0 aliphatic carbocycles. The van der Waals surface area contributed by atoms with Crippen molar-refractivity contribution in [1.29, 1.82) is 0 Å². The number of H-pyrrole nitrogens is 1. The monoisotopic (exact) mass is 319 g/mol. The highest BCUT2D eigenvalue weighted by atomic mass is 16.3. The summed E-state index contributed by atoms with van der Waals surface area (Å²) in [4.78, 5) is 20.6. The van der Waals surface area contributed by atoms with Gasteiger partial charge in [-0.3, -0.25) is 9.36 Å². The van der Waals surface area contributed by atoms with Crippen LogP contribution in [0.25, 0.3) is 33.3 Å². The molecule has 0 radical (unpaired) electrons. The number of aromatic nitrogens is 3. The maximum absolute atomic E-state index is 12.8. The zero-order chi connectivity index (χ0) is 16.4. The number of hydrogen-bond acceptors (Lipinski definition) is 4. The van der Waals surface area contributed by atoms with E-state index in [1.807, 2.05) is 24.3 Å². The molecule has 0 saturated heterocycles. The van der Waals surface area contributed by atoms with Gasteiger partial charge in [0.2, 0.25) is 0 Å². The number of rotatable bonds is 0. The average Bonchev–Trinajstić information content (AvgIpc) is 2.98. The molecule has 0 unspecified atom stereocenters. The summed E-state index contributed by atoms with van der Waals surface area (Å²) >= 11 is 0. The van der Waals surface area contributed by atoms with Crippen LogP contribution in [-0.4, -0.2) is 24.7 Å².